The Balaban J connectivity index is 3.03. The Kier molecular flexibility index (Phi) is 4.19. The summed E-state index contributed by atoms with van der Waals surface area (Å²) in [7, 11) is 0. The van der Waals surface area contributed by atoms with Crippen LogP contribution in [0.25, 0.3) is 0 Å². The highest BCUT2D eigenvalue weighted by Gasteiger charge is 2.59. The third-order valence-electron chi connectivity index (χ3n) is 2.13. The zero-order valence-corrected chi connectivity index (χ0v) is 9.90. The van der Waals surface area contributed by atoms with Crippen LogP contribution < -0.4 is 5.73 Å². The number of hydrogen-bond acceptors (Lipinski definition) is 2. The summed E-state index contributed by atoms with van der Waals surface area (Å²) in [6, 6.07) is 4.95. The molecule has 1 aromatic carbocycles. The summed E-state index contributed by atoms with van der Waals surface area (Å²) >= 11 is 5.53. The van der Waals surface area contributed by atoms with Gasteiger partial charge in [0, 0.05) is 16.7 Å². The molecule has 0 heterocycles. The minimum atomic E-state index is -5.85. The van der Waals surface area contributed by atoms with Crippen molar-refractivity contribution in [2.24, 2.45) is 5.73 Å². The van der Waals surface area contributed by atoms with Crippen LogP contribution in [0, 0.1) is 0 Å². The molecule has 0 bridgehead atoms. The molecule has 0 aliphatic carbocycles. The first-order valence-electron chi connectivity index (χ1n) is 4.78. The quantitative estimate of drug-likeness (QED) is 0.527. The lowest BCUT2D eigenvalue weighted by Gasteiger charge is -2.19. The van der Waals surface area contributed by atoms with Crippen LogP contribution in [0.5, 0.6) is 0 Å². The SMILES string of the molecule is NC(=CC(=O)c1ccc(Cl)cc1)C(F)(F)C(F)(F)F. The maximum atomic E-state index is 12.8. The van der Waals surface area contributed by atoms with Gasteiger partial charge in [0.25, 0.3) is 0 Å². The Morgan fingerprint density at radius 3 is 2.00 bits per heavy atom. The van der Waals surface area contributed by atoms with Crippen LogP contribution >= 0.6 is 11.6 Å². The highest BCUT2D eigenvalue weighted by molar-refractivity contribution is 6.30. The third-order valence-corrected chi connectivity index (χ3v) is 2.39. The van der Waals surface area contributed by atoms with Crippen LogP contribution in [0.1, 0.15) is 10.4 Å². The van der Waals surface area contributed by atoms with E-state index in [2.05, 4.69) is 5.73 Å². The van der Waals surface area contributed by atoms with E-state index in [1.54, 1.807) is 0 Å². The minimum absolute atomic E-state index is 0.0523. The van der Waals surface area contributed by atoms with Gasteiger partial charge in [-0.25, -0.2) is 0 Å². The number of carbonyl (C=O) groups excluding carboxylic acids is 1. The molecule has 104 valence electrons. The maximum absolute atomic E-state index is 12.8. The van der Waals surface area contributed by atoms with E-state index in [9.17, 15) is 26.7 Å². The number of carbonyl (C=O) groups is 1. The summed E-state index contributed by atoms with van der Waals surface area (Å²) in [5.41, 5.74) is 2.68. The molecule has 0 atom stereocenters. The van der Waals surface area contributed by atoms with Crippen molar-refractivity contribution in [3.63, 3.8) is 0 Å². The zero-order valence-electron chi connectivity index (χ0n) is 9.14. The van der Waals surface area contributed by atoms with Gasteiger partial charge in [0.15, 0.2) is 5.78 Å². The summed E-state index contributed by atoms with van der Waals surface area (Å²) in [6.07, 6.45) is -5.80. The van der Waals surface area contributed by atoms with Crippen molar-refractivity contribution in [3.8, 4) is 0 Å². The predicted molar refractivity (Wildman–Crippen MR) is 59.1 cm³/mol. The topological polar surface area (TPSA) is 43.1 Å². The molecule has 0 saturated heterocycles. The number of rotatable bonds is 3. The highest BCUT2D eigenvalue weighted by Crippen LogP contribution is 2.39. The molecule has 0 saturated carbocycles. The van der Waals surface area contributed by atoms with Crippen molar-refractivity contribution < 1.29 is 26.7 Å². The van der Waals surface area contributed by atoms with Crippen LogP contribution in [0.3, 0.4) is 0 Å². The largest absolute Gasteiger partial charge is 0.459 e. The number of halogens is 6. The van der Waals surface area contributed by atoms with E-state index in [1.807, 2.05) is 0 Å². The van der Waals surface area contributed by atoms with E-state index in [4.69, 9.17) is 11.6 Å². The first-order valence-corrected chi connectivity index (χ1v) is 5.15. The first kappa shape index (κ1) is 15.4. The molecule has 2 N–H and O–H groups in total. The molecule has 0 radical (unpaired) electrons. The van der Waals surface area contributed by atoms with Gasteiger partial charge in [0.2, 0.25) is 0 Å². The lowest BCUT2D eigenvalue weighted by atomic mass is 10.1. The van der Waals surface area contributed by atoms with E-state index in [-0.39, 0.29) is 16.7 Å². The number of alkyl halides is 5. The number of allylic oxidation sites excluding steroid dienone is 2. The molecule has 2 nitrogen and oxygen atoms in total. The van der Waals surface area contributed by atoms with Gasteiger partial charge < -0.3 is 5.73 Å². The molecule has 0 fully saturated rings. The van der Waals surface area contributed by atoms with Crippen molar-refractivity contribution in [3.05, 3.63) is 46.6 Å². The lowest BCUT2D eigenvalue weighted by Crippen LogP contribution is -2.41. The summed E-state index contributed by atoms with van der Waals surface area (Å²) in [6.45, 7) is 0. The fourth-order valence-corrected chi connectivity index (χ4v) is 1.22. The van der Waals surface area contributed by atoms with E-state index in [0.29, 0.717) is 0 Å². The second-order valence-corrected chi connectivity index (χ2v) is 3.98. The Hall–Kier alpha value is -1.63. The molecule has 1 aromatic rings. The van der Waals surface area contributed by atoms with Crippen molar-refractivity contribution >= 4 is 17.4 Å². The molecule has 0 amide bonds. The van der Waals surface area contributed by atoms with Crippen LogP contribution in [-0.2, 0) is 0 Å². The molecular weight excluding hydrogens is 293 g/mol. The number of benzene rings is 1. The van der Waals surface area contributed by atoms with Gasteiger partial charge in [-0.05, 0) is 24.3 Å². The molecule has 0 aliphatic heterocycles. The normalized spacial score (nSPS) is 13.5. The van der Waals surface area contributed by atoms with E-state index >= 15 is 0 Å². The van der Waals surface area contributed by atoms with Crippen LogP contribution in [0.2, 0.25) is 5.02 Å². The second-order valence-electron chi connectivity index (χ2n) is 3.54. The number of nitrogens with two attached hydrogens (primary N) is 1. The first-order chi connectivity index (χ1) is 8.55. The van der Waals surface area contributed by atoms with Gasteiger partial charge in [0.1, 0.15) is 0 Å². The Bertz CT molecular complexity index is 507. The predicted octanol–water partition coefficient (Wildman–Crippen LogP) is 3.56. The van der Waals surface area contributed by atoms with Crippen molar-refractivity contribution in [2.75, 3.05) is 0 Å². The smallest absolute Gasteiger partial charge is 0.397 e. The fraction of sp³-hybridized carbons (Fsp3) is 0.182. The molecular formula is C11H7ClF5NO. The minimum Gasteiger partial charge on any atom is -0.397 e. The van der Waals surface area contributed by atoms with Gasteiger partial charge in [-0.1, -0.05) is 11.6 Å². The van der Waals surface area contributed by atoms with Gasteiger partial charge >= 0.3 is 12.1 Å². The summed E-state index contributed by atoms with van der Waals surface area (Å²) in [5, 5.41) is 0.286. The van der Waals surface area contributed by atoms with Crippen molar-refractivity contribution in [1.82, 2.24) is 0 Å². The Morgan fingerprint density at radius 1 is 1.11 bits per heavy atom. The molecule has 1 rings (SSSR count). The van der Waals surface area contributed by atoms with Crippen LogP contribution in [-0.4, -0.2) is 17.9 Å². The number of ketones is 1. The van der Waals surface area contributed by atoms with Crippen LogP contribution in [0.15, 0.2) is 36.0 Å². The third kappa shape index (κ3) is 3.44. The Morgan fingerprint density at radius 2 is 1.58 bits per heavy atom. The average molecular weight is 300 g/mol. The number of hydrogen-bond donors (Lipinski definition) is 1. The molecule has 0 aliphatic rings. The van der Waals surface area contributed by atoms with E-state index in [0.717, 1.165) is 0 Å². The van der Waals surface area contributed by atoms with Crippen LogP contribution in [0.4, 0.5) is 22.0 Å². The molecule has 0 spiro atoms. The summed E-state index contributed by atoms with van der Waals surface area (Å²) in [4.78, 5) is 11.4. The molecule has 0 aromatic heterocycles. The van der Waals surface area contributed by atoms with E-state index < -0.39 is 23.6 Å². The summed E-state index contributed by atoms with van der Waals surface area (Å²) < 4.78 is 61.5. The maximum Gasteiger partial charge on any atom is 0.459 e. The van der Waals surface area contributed by atoms with Gasteiger partial charge in [-0.2, -0.15) is 22.0 Å². The molecule has 0 unspecified atom stereocenters. The second kappa shape index (κ2) is 5.16. The van der Waals surface area contributed by atoms with Gasteiger partial charge in [0.05, 0.1) is 5.70 Å². The fourth-order valence-electron chi connectivity index (χ4n) is 1.09. The highest BCUT2D eigenvalue weighted by atomic mass is 35.5. The van der Waals surface area contributed by atoms with Gasteiger partial charge in [-0.15, -0.1) is 0 Å². The average Bonchev–Trinajstić information content (AvgIpc) is 2.28. The molecule has 8 heteroatoms. The Labute approximate surface area is 109 Å². The lowest BCUT2D eigenvalue weighted by molar-refractivity contribution is -0.264. The van der Waals surface area contributed by atoms with E-state index in [1.165, 1.54) is 24.3 Å². The monoisotopic (exact) mass is 299 g/mol. The molecule has 19 heavy (non-hydrogen) atoms. The zero-order chi connectivity index (χ0) is 14.8. The van der Waals surface area contributed by atoms with Crippen molar-refractivity contribution in [1.29, 1.82) is 0 Å². The standard InChI is InChI=1S/C11H7ClF5NO/c12-7-3-1-6(2-4-7)8(19)5-9(18)10(13,14)11(15,16)17/h1-5H,18H2. The van der Waals surface area contributed by atoms with Gasteiger partial charge in [-0.3, -0.25) is 4.79 Å². The van der Waals surface area contributed by atoms with Crippen molar-refractivity contribution in [2.45, 2.75) is 12.1 Å². The summed E-state index contributed by atoms with van der Waals surface area (Å²) in [5.74, 6) is -6.33.